The van der Waals surface area contributed by atoms with E-state index >= 15 is 0 Å². The molecule has 0 bridgehead atoms. The highest BCUT2D eigenvalue weighted by atomic mass is 35.5. The minimum atomic E-state index is -4.12. The van der Waals surface area contributed by atoms with Crippen LogP contribution in [-0.4, -0.2) is 35.8 Å². The summed E-state index contributed by atoms with van der Waals surface area (Å²) in [5.74, 6) is -0.725. The van der Waals surface area contributed by atoms with E-state index in [2.05, 4.69) is 9.97 Å². The van der Waals surface area contributed by atoms with Crippen LogP contribution in [0.4, 0.5) is 19.0 Å². The van der Waals surface area contributed by atoms with Crippen LogP contribution in [0, 0.1) is 5.92 Å². The van der Waals surface area contributed by atoms with Gasteiger partial charge >= 0.3 is 12.2 Å². The largest absolute Gasteiger partial charge is 0.464 e. The smallest absolute Gasteiger partial charge is 0.391 e. The highest BCUT2D eigenvalue weighted by Crippen LogP contribution is 2.35. The molecule has 2 heterocycles. The minimum absolute atomic E-state index is 0.0646. The molecule has 1 aromatic rings. The van der Waals surface area contributed by atoms with Gasteiger partial charge in [-0.05, 0) is 19.8 Å². The molecule has 2 rings (SSSR count). The lowest BCUT2D eigenvalue weighted by molar-refractivity contribution is -0.179. The Kier molecular flexibility index (Phi) is 4.57. The summed E-state index contributed by atoms with van der Waals surface area (Å²) in [7, 11) is 0. The van der Waals surface area contributed by atoms with E-state index in [9.17, 15) is 13.2 Å². The maximum Gasteiger partial charge on any atom is 0.391 e. The van der Waals surface area contributed by atoms with Crippen molar-refractivity contribution in [2.24, 2.45) is 5.92 Å². The van der Waals surface area contributed by atoms with Crippen molar-refractivity contribution < 1.29 is 17.9 Å². The summed E-state index contributed by atoms with van der Waals surface area (Å²) < 4.78 is 43.0. The van der Waals surface area contributed by atoms with Crippen LogP contribution in [0.3, 0.4) is 0 Å². The van der Waals surface area contributed by atoms with E-state index in [1.165, 1.54) is 6.07 Å². The van der Waals surface area contributed by atoms with Gasteiger partial charge in [0, 0.05) is 19.2 Å². The van der Waals surface area contributed by atoms with Crippen LogP contribution < -0.4 is 9.64 Å². The van der Waals surface area contributed by atoms with Crippen LogP contribution in [0.1, 0.15) is 19.8 Å². The molecule has 0 aliphatic carbocycles. The van der Waals surface area contributed by atoms with E-state index in [4.69, 9.17) is 16.3 Å². The molecule has 1 fully saturated rings. The molecule has 0 aromatic carbocycles. The molecule has 1 saturated heterocycles. The Balaban J connectivity index is 2.07. The van der Waals surface area contributed by atoms with Gasteiger partial charge in [0.15, 0.2) is 0 Å². The molecule has 0 saturated carbocycles. The summed E-state index contributed by atoms with van der Waals surface area (Å²) in [5, 5.41) is 0.219. The maximum absolute atomic E-state index is 12.6. The van der Waals surface area contributed by atoms with Crippen molar-refractivity contribution in [2.75, 3.05) is 24.6 Å². The number of piperidine rings is 1. The van der Waals surface area contributed by atoms with Crippen molar-refractivity contribution in [1.29, 1.82) is 0 Å². The Morgan fingerprint density at radius 1 is 1.35 bits per heavy atom. The molecule has 0 unspecified atom stereocenters. The number of aromatic nitrogens is 2. The summed E-state index contributed by atoms with van der Waals surface area (Å²) >= 11 is 5.87. The van der Waals surface area contributed by atoms with Crippen LogP contribution >= 0.6 is 11.6 Å². The Bertz CT molecular complexity index is 462. The number of anilines is 1. The van der Waals surface area contributed by atoms with Gasteiger partial charge in [-0.15, -0.1) is 0 Å². The second-order valence-electron chi connectivity index (χ2n) is 4.57. The van der Waals surface area contributed by atoms with Crippen LogP contribution in [0.15, 0.2) is 6.07 Å². The number of nitrogens with zero attached hydrogens (tertiary/aromatic N) is 3. The maximum atomic E-state index is 12.6. The van der Waals surface area contributed by atoms with Gasteiger partial charge in [0.05, 0.1) is 12.5 Å². The average Bonchev–Trinajstić information content (AvgIpc) is 2.37. The lowest BCUT2D eigenvalue weighted by atomic mass is 9.96. The van der Waals surface area contributed by atoms with E-state index in [0.717, 1.165) is 0 Å². The number of halogens is 4. The van der Waals surface area contributed by atoms with Crippen LogP contribution in [-0.2, 0) is 0 Å². The SMILES string of the molecule is CCOc1nc(Cl)cc(N2CCC(C(F)(F)F)CC2)n1. The topological polar surface area (TPSA) is 38.2 Å². The fourth-order valence-corrected chi connectivity index (χ4v) is 2.35. The molecule has 4 nitrogen and oxygen atoms in total. The number of rotatable bonds is 3. The third-order valence-corrected chi connectivity index (χ3v) is 3.41. The average molecular weight is 310 g/mol. The Hall–Kier alpha value is -1.24. The van der Waals surface area contributed by atoms with Crippen molar-refractivity contribution in [1.82, 2.24) is 9.97 Å². The lowest BCUT2D eigenvalue weighted by Gasteiger charge is -2.33. The van der Waals surface area contributed by atoms with E-state index in [1.54, 1.807) is 11.8 Å². The van der Waals surface area contributed by atoms with Gasteiger partial charge in [-0.1, -0.05) is 11.6 Å². The fraction of sp³-hybridized carbons (Fsp3) is 0.667. The minimum Gasteiger partial charge on any atom is -0.464 e. The second-order valence-corrected chi connectivity index (χ2v) is 4.95. The highest BCUT2D eigenvalue weighted by Gasteiger charge is 2.41. The van der Waals surface area contributed by atoms with Crippen molar-refractivity contribution in [3.63, 3.8) is 0 Å². The molecule has 8 heteroatoms. The molecule has 1 aliphatic rings. The van der Waals surface area contributed by atoms with Crippen LogP contribution in [0.25, 0.3) is 0 Å². The molecule has 0 radical (unpaired) electrons. The normalized spacial score (nSPS) is 17.4. The van der Waals surface area contributed by atoms with Crippen LogP contribution in [0.2, 0.25) is 5.15 Å². The molecule has 0 N–H and O–H groups in total. The summed E-state index contributed by atoms with van der Waals surface area (Å²) in [4.78, 5) is 9.84. The van der Waals surface area contributed by atoms with Crippen LogP contribution in [0.5, 0.6) is 6.01 Å². The van der Waals surface area contributed by atoms with Crippen molar-refractivity contribution >= 4 is 17.4 Å². The van der Waals surface area contributed by atoms with E-state index in [-0.39, 0.29) is 24.0 Å². The third-order valence-electron chi connectivity index (χ3n) is 3.22. The zero-order chi connectivity index (χ0) is 14.8. The summed E-state index contributed by atoms with van der Waals surface area (Å²) in [6, 6.07) is 1.69. The summed E-state index contributed by atoms with van der Waals surface area (Å²) in [6.07, 6.45) is -3.99. The molecular weight excluding hydrogens is 295 g/mol. The van der Waals surface area contributed by atoms with Crippen molar-refractivity contribution in [3.8, 4) is 6.01 Å². The molecule has 0 atom stereocenters. The Morgan fingerprint density at radius 2 is 2.00 bits per heavy atom. The number of hydrogen-bond acceptors (Lipinski definition) is 4. The third kappa shape index (κ3) is 3.65. The predicted octanol–water partition coefficient (Wildman–Crippen LogP) is 3.31. The van der Waals surface area contributed by atoms with Gasteiger partial charge in [0.1, 0.15) is 11.0 Å². The Morgan fingerprint density at radius 3 is 2.55 bits per heavy atom. The van der Waals surface area contributed by atoms with E-state index < -0.39 is 12.1 Å². The van der Waals surface area contributed by atoms with Crippen molar-refractivity contribution in [2.45, 2.75) is 25.9 Å². The first-order valence-corrected chi connectivity index (χ1v) is 6.77. The fourth-order valence-electron chi connectivity index (χ4n) is 2.18. The molecule has 20 heavy (non-hydrogen) atoms. The van der Waals surface area contributed by atoms with Gasteiger partial charge < -0.3 is 9.64 Å². The summed E-state index contributed by atoms with van der Waals surface area (Å²) in [5.41, 5.74) is 0. The van der Waals surface area contributed by atoms with Gasteiger partial charge in [-0.2, -0.15) is 23.1 Å². The van der Waals surface area contributed by atoms with Crippen molar-refractivity contribution in [3.05, 3.63) is 11.2 Å². The molecule has 112 valence electrons. The van der Waals surface area contributed by atoms with Gasteiger partial charge in [0.2, 0.25) is 0 Å². The van der Waals surface area contributed by atoms with Gasteiger partial charge in [-0.3, -0.25) is 0 Å². The predicted molar refractivity (Wildman–Crippen MR) is 69.2 cm³/mol. The zero-order valence-corrected chi connectivity index (χ0v) is 11.7. The standard InChI is InChI=1S/C12H15ClF3N3O/c1-2-20-11-17-9(13)7-10(18-11)19-5-3-8(4-6-19)12(14,15)16/h7-8H,2-6H2,1H3. The first-order valence-electron chi connectivity index (χ1n) is 6.39. The number of hydrogen-bond donors (Lipinski definition) is 0. The highest BCUT2D eigenvalue weighted by molar-refractivity contribution is 6.29. The first-order chi connectivity index (χ1) is 9.40. The molecule has 0 spiro atoms. The summed E-state index contributed by atoms with van der Waals surface area (Å²) in [6.45, 7) is 2.78. The molecule has 0 amide bonds. The first kappa shape index (κ1) is 15.2. The zero-order valence-electron chi connectivity index (χ0n) is 11.0. The molecule has 1 aliphatic heterocycles. The van der Waals surface area contributed by atoms with E-state index in [1.807, 2.05) is 0 Å². The quantitative estimate of drug-likeness (QED) is 0.803. The Labute approximate surface area is 119 Å². The number of ether oxygens (including phenoxy) is 1. The van der Waals surface area contributed by atoms with Gasteiger partial charge in [0.25, 0.3) is 0 Å². The number of alkyl halides is 3. The lowest BCUT2D eigenvalue weighted by Crippen LogP contribution is -2.39. The van der Waals surface area contributed by atoms with E-state index in [0.29, 0.717) is 25.5 Å². The molecule has 1 aromatic heterocycles. The van der Waals surface area contributed by atoms with Gasteiger partial charge in [-0.25, -0.2) is 0 Å². The molecular formula is C12H15ClF3N3O. The second kappa shape index (κ2) is 6.03. The monoisotopic (exact) mass is 309 g/mol.